The van der Waals surface area contributed by atoms with Crippen molar-refractivity contribution >= 4 is 17.8 Å². The fourth-order valence-corrected chi connectivity index (χ4v) is 4.77. The van der Waals surface area contributed by atoms with E-state index in [9.17, 15) is 4.79 Å². The molecule has 0 saturated carbocycles. The second kappa shape index (κ2) is 8.68. The molecule has 8 heteroatoms. The summed E-state index contributed by atoms with van der Waals surface area (Å²) < 4.78 is 7.64. The number of amides is 1. The van der Waals surface area contributed by atoms with E-state index in [0.29, 0.717) is 19.6 Å². The van der Waals surface area contributed by atoms with Crippen molar-refractivity contribution in [2.24, 2.45) is 5.16 Å². The third kappa shape index (κ3) is 3.97. The van der Waals surface area contributed by atoms with Crippen LogP contribution in [0.5, 0.6) is 5.75 Å². The highest BCUT2D eigenvalue weighted by molar-refractivity contribution is 6.03. The molecule has 5 rings (SSSR count). The maximum Gasteiger partial charge on any atom is 0.222 e. The zero-order valence-corrected chi connectivity index (χ0v) is 18.7. The first-order valence-corrected chi connectivity index (χ1v) is 11.3. The molecule has 2 fully saturated rings. The first kappa shape index (κ1) is 20.6. The highest BCUT2D eigenvalue weighted by atomic mass is 16.6. The van der Waals surface area contributed by atoms with Gasteiger partial charge >= 0.3 is 0 Å². The van der Waals surface area contributed by atoms with E-state index in [-0.39, 0.29) is 11.9 Å². The molecule has 4 heterocycles. The lowest BCUT2D eigenvalue weighted by Crippen LogP contribution is -2.53. The third-order valence-corrected chi connectivity index (χ3v) is 6.40. The Morgan fingerprint density at radius 2 is 2.12 bits per heavy atom. The Labute approximate surface area is 188 Å². The van der Waals surface area contributed by atoms with E-state index < -0.39 is 0 Å². The highest BCUT2D eigenvalue weighted by Gasteiger charge is 2.34. The van der Waals surface area contributed by atoms with Crippen molar-refractivity contribution in [2.75, 3.05) is 33.4 Å². The number of amidine groups is 1. The molecule has 0 unspecified atom stereocenters. The van der Waals surface area contributed by atoms with Crippen molar-refractivity contribution in [1.29, 1.82) is 0 Å². The molecule has 0 spiro atoms. The van der Waals surface area contributed by atoms with E-state index in [1.165, 1.54) is 0 Å². The van der Waals surface area contributed by atoms with Crippen LogP contribution in [0.25, 0.3) is 11.8 Å². The van der Waals surface area contributed by atoms with Gasteiger partial charge < -0.3 is 23.9 Å². The molecule has 1 amide bonds. The van der Waals surface area contributed by atoms with Crippen LogP contribution in [0.15, 0.2) is 41.5 Å². The Morgan fingerprint density at radius 1 is 1.25 bits per heavy atom. The van der Waals surface area contributed by atoms with Gasteiger partial charge in [-0.25, -0.2) is 4.98 Å². The molecule has 3 aliphatic rings. The molecule has 32 heavy (non-hydrogen) atoms. The first-order valence-electron chi connectivity index (χ1n) is 11.3. The number of carbonyl (C=O) groups excluding carboxylic acids is 1. The second-order valence-corrected chi connectivity index (χ2v) is 8.63. The van der Waals surface area contributed by atoms with Crippen LogP contribution in [0.3, 0.4) is 0 Å². The molecule has 0 radical (unpaired) electrons. The van der Waals surface area contributed by atoms with Crippen LogP contribution in [-0.4, -0.2) is 70.5 Å². The fourth-order valence-electron chi connectivity index (χ4n) is 4.77. The molecule has 1 aromatic carbocycles. The Morgan fingerprint density at radius 3 is 2.88 bits per heavy atom. The SMILES string of the molecule is COc1cc(C=C2CCCN3C2=NOC[C@@H]3CN2CCCC2=O)ccc1-n1cnc(C)c1. The van der Waals surface area contributed by atoms with E-state index in [1.54, 1.807) is 13.4 Å². The second-order valence-electron chi connectivity index (χ2n) is 8.63. The standard InChI is InChI=1S/C24H29N5O3/c1-17-13-28(16-25-17)21-8-7-18(12-22(21)31-2)11-19-5-3-10-29-20(15-32-26-24(19)29)14-27-9-4-6-23(27)30/h7-8,11-13,16,20H,3-6,9-10,14-15H2,1-2H3/t20-/m0/s1. The molecule has 2 aromatic rings. The van der Waals surface area contributed by atoms with Crippen molar-refractivity contribution in [1.82, 2.24) is 19.4 Å². The zero-order valence-electron chi connectivity index (χ0n) is 18.7. The maximum absolute atomic E-state index is 12.1. The summed E-state index contributed by atoms with van der Waals surface area (Å²) in [7, 11) is 1.69. The van der Waals surface area contributed by atoms with Gasteiger partial charge in [0, 0.05) is 32.3 Å². The molecule has 3 aliphatic heterocycles. The molecular formula is C24H29N5O3. The molecule has 168 valence electrons. The van der Waals surface area contributed by atoms with Gasteiger partial charge in [0.2, 0.25) is 5.91 Å². The van der Waals surface area contributed by atoms with Crippen molar-refractivity contribution < 1.29 is 14.4 Å². The minimum absolute atomic E-state index is 0.148. The van der Waals surface area contributed by atoms with Crippen LogP contribution in [0.1, 0.15) is 36.9 Å². The van der Waals surface area contributed by atoms with E-state index in [0.717, 1.165) is 66.5 Å². The molecule has 1 aromatic heterocycles. The smallest absolute Gasteiger partial charge is 0.222 e. The van der Waals surface area contributed by atoms with Gasteiger partial charge in [-0.1, -0.05) is 11.2 Å². The van der Waals surface area contributed by atoms with Gasteiger partial charge in [0.15, 0.2) is 5.84 Å². The molecule has 0 aliphatic carbocycles. The van der Waals surface area contributed by atoms with E-state index in [2.05, 4.69) is 27.2 Å². The zero-order chi connectivity index (χ0) is 22.1. The van der Waals surface area contributed by atoms with Gasteiger partial charge in [0.05, 0.1) is 30.9 Å². The number of hydrogen-bond donors (Lipinski definition) is 0. The Kier molecular flexibility index (Phi) is 5.59. The number of carbonyl (C=O) groups is 1. The lowest BCUT2D eigenvalue weighted by atomic mass is 9.98. The topological polar surface area (TPSA) is 72.2 Å². The van der Waals surface area contributed by atoms with Crippen LogP contribution in [0, 0.1) is 6.92 Å². The fraction of sp³-hybridized carbons (Fsp3) is 0.458. The molecular weight excluding hydrogens is 406 g/mol. The van der Waals surface area contributed by atoms with E-state index in [4.69, 9.17) is 9.57 Å². The number of nitrogens with zero attached hydrogens (tertiary/aromatic N) is 5. The van der Waals surface area contributed by atoms with Gasteiger partial charge in [-0.3, -0.25) is 4.79 Å². The summed E-state index contributed by atoms with van der Waals surface area (Å²) in [5.74, 6) is 1.94. The average molecular weight is 436 g/mol. The number of oxime groups is 1. The number of methoxy groups -OCH3 is 1. The highest BCUT2D eigenvalue weighted by Crippen LogP contribution is 2.29. The van der Waals surface area contributed by atoms with Crippen LogP contribution >= 0.6 is 0 Å². The van der Waals surface area contributed by atoms with Crippen LogP contribution < -0.4 is 4.74 Å². The number of hydrogen-bond acceptors (Lipinski definition) is 6. The Balaban J connectivity index is 1.39. The van der Waals surface area contributed by atoms with E-state index in [1.807, 2.05) is 34.7 Å². The number of piperidine rings is 1. The van der Waals surface area contributed by atoms with Gasteiger partial charge in [-0.2, -0.15) is 0 Å². The van der Waals surface area contributed by atoms with Gasteiger partial charge in [0.25, 0.3) is 0 Å². The summed E-state index contributed by atoms with van der Waals surface area (Å²) >= 11 is 0. The van der Waals surface area contributed by atoms with Gasteiger partial charge in [-0.15, -0.1) is 0 Å². The van der Waals surface area contributed by atoms with Crippen LogP contribution in [0.4, 0.5) is 0 Å². The quantitative estimate of drug-likeness (QED) is 0.722. The lowest BCUT2D eigenvalue weighted by molar-refractivity contribution is -0.128. The number of likely N-dealkylation sites (tertiary alicyclic amines) is 1. The molecule has 0 bridgehead atoms. The summed E-state index contributed by atoms with van der Waals surface area (Å²) in [6, 6.07) is 6.33. The normalized spacial score (nSPS) is 22.1. The van der Waals surface area contributed by atoms with Gasteiger partial charge in [-0.05, 0) is 55.5 Å². The summed E-state index contributed by atoms with van der Waals surface area (Å²) in [4.78, 5) is 26.3. The minimum atomic E-state index is 0.148. The lowest BCUT2D eigenvalue weighted by Gasteiger charge is -2.41. The number of fused-ring (bicyclic) bond motifs is 1. The molecule has 8 nitrogen and oxygen atoms in total. The number of benzene rings is 1. The number of rotatable bonds is 5. The first-order chi connectivity index (χ1) is 15.6. The summed E-state index contributed by atoms with van der Waals surface area (Å²) in [6.45, 7) is 4.98. The predicted octanol–water partition coefficient (Wildman–Crippen LogP) is 3.00. The van der Waals surface area contributed by atoms with Gasteiger partial charge in [0.1, 0.15) is 12.4 Å². The van der Waals surface area contributed by atoms with Crippen molar-refractivity contribution in [3.05, 3.63) is 47.6 Å². The predicted molar refractivity (Wildman–Crippen MR) is 122 cm³/mol. The summed E-state index contributed by atoms with van der Waals surface area (Å²) in [5.41, 5.74) is 4.12. The third-order valence-electron chi connectivity index (χ3n) is 6.40. The number of ether oxygens (including phenoxy) is 1. The monoisotopic (exact) mass is 435 g/mol. The van der Waals surface area contributed by atoms with E-state index >= 15 is 0 Å². The Bertz CT molecular complexity index is 1070. The minimum Gasteiger partial charge on any atom is -0.495 e. The summed E-state index contributed by atoms with van der Waals surface area (Å²) in [6.07, 6.45) is 9.56. The van der Waals surface area contributed by atoms with Crippen LogP contribution in [-0.2, 0) is 9.63 Å². The van der Waals surface area contributed by atoms with Crippen LogP contribution in [0.2, 0.25) is 0 Å². The average Bonchev–Trinajstić information content (AvgIpc) is 3.42. The van der Waals surface area contributed by atoms with Crippen molar-refractivity contribution in [3.8, 4) is 11.4 Å². The number of aryl methyl sites for hydroxylation is 1. The number of aromatic nitrogens is 2. The molecule has 2 saturated heterocycles. The summed E-state index contributed by atoms with van der Waals surface area (Å²) in [5, 5.41) is 4.41. The van der Waals surface area contributed by atoms with Crippen molar-refractivity contribution in [3.63, 3.8) is 0 Å². The van der Waals surface area contributed by atoms with Crippen molar-refractivity contribution in [2.45, 2.75) is 38.6 Å². The molecule has 0 N–H and O–H groups in total. The Hall–Kier alpha value is -3.29. The molecule has 1 atom stereocenters. The number of imidazole rings is 1. The largest absolute Gasteiger partial charge is 0.495 e. The maximum atomic E-state index is 12.1.